The molecule has 0 unspecified atom stereocenters. The molecule has 0 heterocycles. The SMILES string of the molecule is COc1ccc(C(O[C@@H](CO)CCCCNC(=O)OCC2c3ccccc3-c3ccccc32)(c2ccccc2)c2ccc(OC)cc2)cc1. The molecule has 252 valence electrons. The molecular weight excluding hydrogens is 614 g/mol. The van der Waals surface area contributed by atoms with Gasteiger partial charge in [0.25, 0.3) is 0 Å². The lowest BCUT2D eigenvalue weighted by Crippen LogP contribution is -2.38. The van der Waals surface area contributed by atoms with Gasteiger partial charge in [-0.3, -0.25) is 0 Å². The minimum Gasteiger partial charge on any atom is -0.497 e. The molecular formula is C42H43NO6. The first kappa shape index (κ1) is 33.8. The Balaban J connectivity index is 1.10. The maximum atomic E-state index is 12.7. The van der Waals surface area contributed by atoms with Gasteiger partial charge in [-0.15, -0.1) is 0 Å². The molecule has 2 N–H and O–H groups in total. The molecule has 0 saturated carbocycles. The molecule has 0 fully saturated rings. The van der Waals surface area contributed by atoms with Gasteiger partial charge < -0.3 is 29.4 Å². The molecule has 1 aliphatic rings. The van der Waals surface area contributed by atoms with E-state index in [1.165, 1.54) is 22.3 Å². The number of aliphatic hydroxyl groups excluding tert-OH is 1. The molecule has 0 aromatic heterocycles. The van der Waals surface area contributed by atoms with Crippen molar-refractivity contribution in [3.8, 4) is 22.6 Å². The van der Waals surface area contributed by atoms with Crippen LogP contribution in [0.1, 0.15) is 53.0 Å². The number of hydrogen-bond donors (Lipinski definition) is 2. The van der Waals surface area contributed by atoms with Crippen molar-refractivity contribution in [2.75, 3.05) is 34.0 Å². The molecule has 0 saturated heterocycles. The van der Waals surface area contributed by atoms with Crippen LogP contribution in [-0.2, 0) is 15.1 Å². The highest BCUT2D eigenvalue weighted by Gasteiger charge is 2.40. The molecule has 0 bridgehead atoms. The summed E-state index contributed by atoms with van der Waals surface area (Å²) in [5, 5.41) is 13.5. The van der Waals surface area contributed by atoms with Gasteiger partial charge in [-0.05, 0) is 82.5 Å². The number of benzene rings is 5. The van der Waals surface area contributed by atoms with E-state index < -0.39 is 17.8 Å². The van der Waals surface area contributed by atoms with Gasteiger partial charge in [0.05, 0.1) is 26.9 Å². The van der Waals surface area contributed by atoms with E-state index >= 15 is 0 Å². The summed E-state index contributed by atoms with van der Waals surface area (Å²) in [5.41, 5.74) is 6.48. The highest BCUT2D eigenvalue weighted by molar-refractivity contribution is 5.79. The van der Waals surface area contributed by atoms with Crippen LogP contribution >= 0.6 is 0 Å². The fourth-order valence-corrected chi connectivity index (χ4v) is 6.80. The largest absolute Gasteiger partial charge is 0.497 e. The molecule has 7 nitrogen and oxygen atoms in total. The summed E-state index contributed by atoms with van der Waals surface area (Å²) in [6.45, 7) is 0.564. The number of carbonyl (C=O) groups excluding carboxylic acids is 1. The quantitative estimate of drug-likeness (QED) is 0.0875. The lowest BCUT2D eigenvalue weighted by Gasteiger charge is -2.39. The van der Waals surface area contributed by atoms with Gasteiger partial charge in [0.2, 0.25) is 0 Å². The van der Waals surface area contributed by atoms with Gasteiger partial charge in [0, 0.05) is 12.5 Å². The number of rotatable bonds is 15. The summed E-state index contributed by atoms with van der Waals surface area (Å²) >= 11 is 0. The van der Waals surface area contributed by atoms with Gasteiger partial charge in [0.15, 0.2) is 0 Å². The van der Waals surface area contributed by atoms with Crippen LogP contribution < -0.4 is 14.8 Å². The van der Waals surface area contributed by atoms with E-state index in [0.29, 0.717) is 19.4 Å². The van der Waals surface area contributed by atoms with E-state index in [0.717, 1.165) is 34.6 Å². The maximum Gasteiger partial charge on any atom is 0.407 e. The summed E-state index contributed by atoms with van der Waals surface area (Å²) in [4.78, 5) is 12.7. The van der Waals surface area contributed by atoms with E-state index in [2.05, 4.69) is 29.6 Å². The molecule has 0 aliphatic heterocycles. The zero-order valence-corrected chi connectivity index (χ0v) is 28.0. The second kappa shape index (κ2) is 15.9. The van der Waals surface area contributed by atoms with Crippen molar-refractivity contribution in [3.63, 3.8) is 0 Å². The number of amides is 1. The van der Waals surface area contributed by atoms with Crippen molar-refractivity contribution >= 4 is 6.09 Å². The number of nitrogens with one attached hydrogen (secondary N) is 1. The Bertz CT molecular complexity index is 1710. The molecule has 1 atom stereocenters. The van der Waals surface area contributed by atoms with Gasteiger partial charge in [-0.2, -0.15) is 0 Å². The first-order valence-electron chi connectivity index (χ1n) is 16.8. The van der Waals surface area contributed by atoms with E-state index in [1.54, 1.807) is 14.2 Å². The lowest BCUT2D eigenvalue weighted by molar-refractivity contribution is -0.0736. The molecule has 5 aromatic carbocycles. The maximum absolute atomic E-state index is 12.7. The fourth-order valence-electron chi connectivity index (χ4n) is 6.80. The van der Waals surface area contributed by atoms with Crippen LogP contribution in [-0.4, -0.2) is 51.3 Å². The number of unbranched alkanes of at least 4 members (excludes halogenated alkanes) is 1. The average molecular weight is 658 g/mol. The van der Waals surface area contributed by atoms with Crippen LogP contribution in [0.2, 0.25) is 0 Å². The monoisotopic (exact) mass is 657 g/mol. The Kier molecular flexibility index (Phi) is 10.9. The van der Waals surface area contributed by atoms with Crippen molar-refractivity contribution in [2.24, 2.45) is 0 Å². The average Bonchev–Trinajstić information content (AvgIpc) is 3.49. The van der Waals surface area contributed by atoms with Crippen LogP contribution in [0, 0.1) is 0 Å². The molecule has 7 heteroatoms. The second-order valence-electron chi connectivity index (χ2n) is 12.2. The third-order valence-corrected chi connectivity index (χ3v) is 9.29. The fraction of sp³-hybridized carbons (Fsp3) is 0.262. The molecule has 1 aliphatic carbocycles. The summed E-state index contributed by atoms with van der Waals surface area (Å²) in [7, 11) is 3.28. The Morgan fingerprint density at radius 1 is 0.694 bits per heavy atom. The zero-order valence-electron chi connectivity index (χ0n) is 28.0. The van der Waals surface area contributed by atoms with E-state index in [9.17, 15) is 9.90 Å². The minimum absolute atomic E-state index is 0.0156. The van der Waals surface area contributed by atoms with Crippen LogP contribution in [0.5, 0.6) is 11.5 Å². The number of hydrogen-bond acceptors (Lipinski definition) is 6. The highest BCUT2D eigenvalue weighted by Crippen LogP contribution is 2.45. The lowest BCUT2D eigenvalue weighted by atomic mass is 9.79. The number of carbonyl (C=O) groups is 1. The van der Waals surface area contributed by atoms with Crippen LogP contribution in [0.25, 0.3) is 11.1 Å². The summed E-state index contributed by atoms with van der Waals surface area (Å²) in [5.74, 6) is 1.49. The topological polar surface area (TPSA) is 86.2 Å². The number of methoxy groups -OCH3 is 2. The Morgan fingerprint density at radius 3 is 1.73 bits per heavy atom. The van der Waals surface area contributed by atoms with Gasteiger partial charge in [0.1, 0.15) is 23.7 Å². The number of ether oxygens (including phenoxy) is 4. The normalized spacial score (nSPS) is 12.9. The standard InChI is InChI=1S/C42H43NO6/c1-46-33-23-19-31(20-24-33)42(30-12-4-3-5-13-30,32-21-25-34(47-2)26-22-32)49-35(28-44)14-10-11-27-43-41(45)48-29-40-38-17-8-6-15-36(38)37-16-7-9-18-39(37)40/h3-9,12-13,15-26,35,40,44H,10-11,14,27-29H2,1-2H3,(H,43,45)/t35-/m1/s1. The van der Waals surface area contributed by atoms with E-state index in [1.807, 2.05) is 103 Å². The van der Waals surface area contributed by atoms with Crippen LogP contribution in [0.4, 0.5) is 4.79 Å². The number of fused-ring (bicyclic) bond motifs is 3. The van der Waals surface area contributed by atoms with Crippen LogP contribution in [0.15, 0.2) is 127 Å². The van der Waals surface area contributed by atoms with Crippen molar-refractivity contribution in [2.45, 2.75) is 36.9 Å². The summed E-state index contributed by atoms with van der Waals surface area (Å²) < 4.78 is 23.6. The van der Waals surface area contributed by atoms with Crippen molar-refractivity contribution in [1.29, 1.82) is 0 Å². The summed E-state index contributed by atoms with van der Waals surface area (Å²) in [6, 6.07) is 42.3. The molecule has 1 amide bonds. The van der Waals surface area contributed by atoms with Gasteiger partial charge >= 0.3 is 6.09 Å². The molecule has 5 aromatic rings. The zero-order chi connectivity index (χ0) is 34.1. The predicted octanol–water partition coefficient (Wildman–Crippen LogP) is 8.08. The van der Waals surface area contributed by atoms with E-state index in [-0.39, 0.29) is 19.1 Å². The highest BCUT2D eigenvalue weighted by atomic mass is 16.5. The third-order valence-electron chi connectivity index (χ3n) is 9.29. The summed E-state index contributed by atoms with van der Waals surface area (Å²) in [6.07, 6.45) is 1.10. The Hall–Kier alpha value is -5.11. The van der Waals surface area contributed by atoms with E-state index in [4.69, 9.17) is 18.9 Å². The second-order valence-corrected chi connectivity index (χ2v) is 12.2. The smallest absolute Gasteiger partial charge is 0.407 e. The Morgan fingerprint density at radius 2 is 1.20 bits per heavy atom. The van der Waals surface area contributed by atoms with Crippen molar-refractivity contribution < 1.29 is 28.8 Å². The molecule has 49 heavy (non-hydrogen) atoms. The van der Waals surface area contributed by atoms with Crippen molar-refractivity contribution in [3.05, 3.63) is 155 Å². The van der Waals surface area contributed by atoms with Crippen LogP contribution in [0.3, 0.4) is 0 Å². The van der Waals surface area contributed by atoms with Gasteiger partial charge in [-0.1, -0.05) is 103 Å². The molecule has 0 radical (unpaired) electrons. The number of alkyl carbamates (subject to hydrolysis) is 1. The Labute approximate surface area is 288 Å². The first-order chi connectivity index (χ1) is 24.1. The molecule has 0 spiro atoms. The molecule has 6 rings (SSSR count). The first-order valence-corrected chi connectivity index (χ1v) is 16.8. The minimum atomic E-state index is -1.02. The van der Waals surface area contributed by atoms with Crippen molar-refractivity contribution in [1.82, 2.24) is 5.32 Å². The number of aliphatic hydroxyl groups is 1. The van der Waals surface area contributed by atoms with Gasteiger partial charge in [-0.25, -0.2) is 4.79 Å². The third kappa shape index (κ3) is 7.33. The predicted molar refractivity (Wildman–Crippen MR) is 191 cm³/mol.